The van der Waals surface area contributed by atoms with Crippen LogP contribution < -0.4 is 10.1 Å². The molecule has 2 atom stereocenters. The van der Waals surface area contributed by atoms with E-state index in [9.17, 15) is 5.11 Å². The molecule has 106 valence electrons. The quantitative estimate of drug-likeness (QED) is 0.852. The van der Waals surface area contributed by atoms with Crippen molar-refractivity contribution in [3.05, 3.63) is 23.8 Å². The summed E-state index contributed by atoms with van der Waals surface area (Å²) in [7, 11) is 1.61. The van der Waals surface area contributed by atoms with Gasteiger partial charge in [0.25, 0.3) is 0 Å². The van der Waals surface area contributed by atoms with Crippen LogP contribution in [0.25, 0.3) is 0 Å². The normalized spacial score (nSPS) is 19.3. The number of benzene rings is 1. The van der Waals surface area contributed by atoms with Crippen molar-refractivity contribution < 1.29 is 9.84 Å². The van der Waals surface area contributed by atoms with Gasteiger partial charge in [0.05, 0.1) is 7.11 Å². The van der Waals surface area contributed by atoms with E-state index in [-0.39, 0.29) is 6.04 Å². The molecule has 3 nitrogen and oxygen atoms in total. The summed E-state index contributed by atoms with van der Waals surface area (Å²) in [5.74, 6) is 1.78. The molecule has 0 aromatic heterocycles. The van der Waals surface area contributed by atoms with Gasteiger partial charge in [-0.15, -0.1) is 0 Å². The van der Waals surface area contributed by atoms with Crippen LogP contribution in [0.1, 0.15) is 51.1 Å². The van der Waals surface area contributed by atoms with E-state index >= 15 is 0 Å². The molecule has 2 N–H and O–H groups in total. The van der Waals surface area contributed by atoms with Crippen molar-refractivity contribution in [3.63, 3.8) is 0 Å². The monoisotopic (exact) mass is 263 g/mol. The van der Waals surface area contributed by atoms with Crippen LogP contribution in [0.2, 0.25) is 0 Å². The minimum Gasteiger partial charge on any atom is -0.507 e. The first-order valence-corrected chi connectivity index (χ1v) is 7.24. The first-order chi connectivity index (χ1) is 9.11. The van der Waals surface area contributed by atoms with Gasteiger partial charge in [-0.25, -0.2) is 0 Å². The van der Waals surface area contributed by atoms with Crippen LogP contribution in [-0.2, 0) is 0 Å². The lowest BCUT2D eigenvalue weighted by Gasteiger charge is -2.25. The maximum absolute atomic E-state index is 10.1. The number of methoxy groups -OCH3 is 1. The van der Waals surface area contributed by atoms with E-state index in [4.69, 9.17) is 4.74 Å². The number of phenols is 1. The van der Waals surface area contributed by atoms with Gasteiger partial charge in [-0.1, -0.05) is 18.9 Å². The third kappa shape index (κ3) is 3.41. The van der Waals surface area contributed by atoms with Crippen molar-refractivity contribution in [2.45, 2.75) is 51.6 Å². The van der Waals surface area contributed by atoms with E-state index in [1.54, 1.807) is 13.2 Å². The standard InChI is InChI=1S/C16H25NO2/c1-11(13-6-4-5-7-13)17-12(2)15-9-8-14(19-3)10-16(15)18/h8-13,17-18H,4-7H2,1-3H3. The predicted molar refractivity (Wildman–Crippen MR) is 77.6 cm³/mol. The molecule has 2 rings (SSSR count). The molecule has 0 radical (unpaired) electrons. The van der Waals surface area contributed by atoms with Gasteiger partial charge in [0, 0.05) is 23.7 Å². The Morgan fingerprint density at radius 3 is 2.53 bits per heavy atom. The third-order valence-corrected chi connectivity index (χ3v) is 4.32. The molecule has 1 aliphatic rings. The summed E-state index contributed by atoms with van der Waals surface area (Å²) in [5.41, 5.74) is 0.936. The summed E-state index contributed by atoms with van der Waals surface area (Å²) in [5, 5.41) is 13.7. The summed E-state index contributed by atoms with van der Waals surface area (Å²) in [6.07, 6.45) is 5.38. The lowest BCUT2D eigenvalue weighted by atomic mass is 9.97. The summed E-state index contributed by atoms with van der Waals surface area (Å²) >= 11 is 0. The van der Waals surface area contributed by atoms with Crippen LogP contribution in [-0.4, -0.2) is 18.3 Å². The highest BCUT2D eigenvalue weighted by molar-refractivity contribution is 5.41. The van der Waals surface area contributed by atoms with E-state index in [1.165, 1.54) is 25.7 Å². The van der Waals surface area contributed by atoms with E-state index in [0.29, 0.717) is 17.5 Å². The van der Waals surface area contributed by atoms with Gasteiger partial charge in [0.1, 0.15) is 11.5 Å². The zero-order valence-corrected chi connectivity index (χ0v) is 12.1. The average Bonchev–Trinajstić information content (AvgIpc) is 2.92. The fourth-order valence-corrected chi connectivity index (χ4v) is 3.09. The molecule has 0 amide bonds. The molecule has 3 heteroatoms. The van der Waals surface area contributed by atoms with Crippen LogP contribution in [0.5, 0.6) is 11.5 Å². The Balaban J connectivity index is 2.00. The van der Waals surface area contributed by atoms with Crippen molar-refractivity contribution >= 4 is 0 Å². The Kier molecular flexibility index (Phi) is 4.70. The van der Waals surface area contributed by atoms with Gasteiger partial charge in [-0.3, -0.25) is 0 Å². The van der Waals surface area contributed by atoms with Gasteiger partial charge in [0.2, 0.25) is 0 Å². The Bertz CT molecular complexity index is 413. The lowest BCUT2D eigenvalue weighted by molar-refractivity contribution is 0.346. The molecule has 0 aliphatic heterocycles. The highest BCUT2D eigenvalue weighted by Gasteiger charge is 2.23. The molecule has 0 heterocycles. The van der Waals surface area contributed by atoms with Gasteiger partial charge >= 0.3 is 0 Å². The van der Waals surface area contributed by atoms with E-state index < -0.39 is 0 Å². The number of nitrogens with one attached hydrogen (secondary N) is 1. The van der Waals surface area contributed by atoms with Crippen molar-refractivity contribution in [1.82, 2.24) is 5.32 Å². The molecule has 2 unspecified atom stereocenters. The molecule has 0 spiro atoms. The van der Waals surface area contributed by atoms with Crippen molar-refractivity contribution in [1.29, 1.82) is 0 Å². The van der Waals surface area contributed by atoms with Crippen molar-refractivity contribution in [3.8, 4) is 11.5 Å². The van der Waals surface area contributed by atoms with Crippen molar-refractivity contribution in [2.75, 3.05) is 7.11 Å². The fraction of sp³-hybridized carbons (Fsp3) is 0.625. The maximum Gasteiger partial charge on any atom is 0.124 e. The third-order valence-electron chi connectivity index (χ3n) is 4.32. The number of hydrogen-bond acceptors (Lipinski definition) is 3. The smallest absolute Gasteiger partial charge is 0.124 e. The van der Waals surface area contributed by atoms with Crippen LogP contribution in [0, 0.1) is 5.92 Å². The molecule has 0 saturated heterocycles. The van der Waals surface area contributed by atoms with Gasteiger partial charge < -0.3 is 15.2 Å². The minimum atomic E-state index is 0.154. The Labute approximate surface area is 116 Å². The highest BCUT2D eigenvalue weighted by atomic mass is 16.5. The van der Waals surface area contributed by atoms with Crippen LogP contribution in [0.15, 0.2) is 18.2 Å². The van der Waals surface area contributed by atoms with Crippen molar-refractivity contribution in [2.24, 2.45) is 5.92 Å². The van der Waals surface area contributed by atoms with Crippen LogP contribution >= 0.6 is 0 Å². The van der Waals surface area contributed by atoms with Crippen LogP contribution in [0.4, 0.5) is 0 Å². The molecular weight excluding hydrogens is 238 g/mol. The Hall–Kier alpha value is -1.22. The molecule has 1 saturated carbocycles. The zero-order chi connectivity index (χ0) is 13.8. The Morgan fingerprint density at radius 2 is 1.95 bits per heavy atom. The molecule has 19 heavy (non-hydrogen) atoms. The molecule has 1 fully saturated rings. The second kappa shape index (κ2) is 6.29. The van der Waals surface area contributed by atoms with E-state index in [0.717, 1.165) is 11.5 Å². The fourth-order valence-electron chi connectivity index (χ4n) is 3.09. The number of rotatable bonds is 5. The number of phenolic OH excluding ortho intramolecular Hbond substituents is 1. The molecule has 0 bridgehead atoms. The summed E-state index contributed by atoms with van der Waals surface area (Å²) in [4.78, 5) is 0. The largest absolute Gasteiger partial charge is 0.507 e. The second-order valence-corrected chi connectivity index (χ2v) is 5.65. The molecular formula is C16H25NO2. The van der Waals surface area contributed by atoms with Gasteiger partial charge in [-0.05, 0) is 38.7 Å². The average molecular weight is 263 g/mol. The molecule has 1 aromatic carbocycles. The number of hydrogen-bond donors (Lipinski definition) is 2. The summed E-state index contributed by atoms with van der Waals surface area (Å²) < 4.78 is 5.11. The Morgan fingerprint density at radius 1 is 1.26 bits per heavy atom. The van der Waals surface area contributed by atoms with E-state index in [1.807, 2.05) is 12.1 Å². The second-order valence-electron chi connectivity index (χ2n) is 5.65. The van der Waals surface area contributed by atoms with Crippen LogP contribution in [0.3, 0.4) is 0 Å². The van der Waals surface area contributed by atoms with Gasteiger partial charge in [0.15, 0.2) is 0 Å². The maximum atomic E-state index is 10.1. The number of aromatic hydroxyl groups is 1. The first kappa shape index (κ1) is 14.2. The zero-order valence-electron chi connectivity index (χ0n) is 12.1. The SMILES string of the molecule is COc1ccc(C(C)NC(C)C2CCCC2)c(O)c1. The predicted octanol–water partition coefficient (Wildman–Crippen LogP) is 3.63. The first-order valence-electron chi connectivity index (χ1n) is 7.24. The highest BCUT2D eigenvalue weighted by Crippen LogP contribution is 2.31. The van der Waals surface area contributed by atoms with Gasteiger partial charge in [-0.2, -0.15) is 0 Å². The lowest BCUT2D eigenvalue weighted by Crippen LogP contribution is -2.34. The van der Waals surface area contributed by atoms with E-state index in [2.05, 4.69) is 19.2 Å². The summed E-state index contributed by atoms with van der Waals surface area (Å²) in [6.45, 7) is 4.36. The topological polar surface area (TPSA) is 41.5 Å². The summed E-state index contributed by atoms with van der Waals surface area (Å²) in [6, 6.07) is 6.16. The molecule has 1 aromatic rings. The number of ether oxygens (including phenoxy) is 1. The molecule has 1 aliphatic carbocycles. The minimum absolute atomic E-state index is 0.154.